The fourth-order valence-electron chi connectivity index (χ4n) is 3.70. The highest BCUT2D eigenvalue weighted by Gasteiger charge is 2.22. The number of hydrogen-bond donors (Lipinski definition) is 0. The second kappa shape index (κ2) is 9.66. The van der Waals surface area contributed by atoms with Gasteiger partial charge < -0.3 is 14.1 Å². The Morgan fingerprint density at radius 1 is 1.06 bits per heavy atom. The van der Waals surface area contributed by atoms with Crippen molar-refractivity contribution in [3.63, 3.8) is 0 Å². The molecule has 0 unspecified atom stereocenters. The highest BCUT2D eigenvalue weighted by molar-refractivity contribution is 5.72. The lowest BCUT2D eigenvalue weighted by molar-refractivity contribution is 0.0998. The van der Waals surface area contributed by atoms with Gasteiger partial charge in [0.15, 0.2) is 0 Å². The van der Waals surface area contributed by atoms with E-state index in [0.29, 0.717) is 42.7 Å². The van der Waals surface area contributed by atoms with Crippen LogP contribution in [0.15, 0.2) is 77.4 Å². The third-order valence-corrected chi connectivity index (χ3v) is 5.61. The van der Waals surface area contributed by atoms with Gasteiger partial charge in [-0.25, -0.2) is 9.78 Å². The van der Waals surface area contributed by atoms with Gasteiger partial charge in [0.05, 0.1) is 17.6 Å². The number of aromatic nitrogens is 4. The van der Waals surface area contributed by atoms with Crippen LogP contribution in [0.4, 0.5) is 4.79 Å². The van der Waals surface area contributed by atoms with Crippen molar-refractivity contribution in [3.05, 3.63) is 89.9 Å². The molecule has 2 aromatic heterocycles. The normalized spacial score (nSPS) is 13.4. The van der Waals surface area contributed by atoms with Gasteiger partial charge in [-0.3, -0.25) is 4.98 Å². The topological polar surface area (TPSA) is 94.2 Å². The highest BCUT2D eigenvalue weighted by Crippen LogP contribution is 2.27. The van der Waals surface area contributed by atoms with Gasteiger partial charge in [0.2, 0.25) is 5.89 Å². The molecule has 0 fully saturated rings. The summed E-state index contributed by atoms with van der Waals surface area (Å²) in [6.45, 7) is 3.11. The molecule has 2 aromatic carbocycles. The van der Waals surface area contributed by atoms with Gasteiger partial charge in [-0.05, 0) is 36.6 Å². The van der Waals surface area contributed by atoms with Crippen molar-refractivity contribution in [2.24, 2.45) is 0 Å². The molecular weight excluding hydrogens is 430 g/mol. The molecule has 1 aliphatic rings. The molecular formula is C26H25N5O3. The second-order valence-corrected chi connectivity index (χ2v) is 7.93. The fourth-order valence-corrected chi connectivity index (χ4v) is 3.70. The van der Waals surface area contributed by atoms with Gasteiger partial charge in [0.25, 0.3) is 5.89 Å². The summed E-state index contributed by atoms with van der Waals surface area (Å²) >= 11 is 0. The van der Waals surface area contributed by atoms with Crippen molar-refractivity contribution in [2.75, 3.05) is 13.1 Å². The lowest BCUT2D eigenvalue weighted by atomic mass is 10.1. The Hall–Kier alpha value is -4.33. The Bertz CT molecular complexity index is 1330. The molecule has 8 nitrogen and oxygen atoms in total. The van der Waals surface area contributed by atoms with Crippen molar-refractivity contribution in [1.29, 1.82) is 0 Å². The van der Waals surface area contributed by atoms with Crippen molar-refractivity contribution < 1.29 is 15.4 Å². The number of benzene rings is 2. The van der Waals surface area contributed by atoms with E-state index in [0.717, 1.165) is 22.4 Å². The third kappa shape index (κ3) is 4.71. The van der Waals surface area contributed by atoms with E-state index < -0.39 is 0 Å². The van der Waals surface area contributed by atoms with Crippen LogP contribution in [0.2, 0.25) is 0 Å². The van der Waals surface area contributed by atoms with Crippen LogP contribution in [0, 0.1) is 6.92 Å². The number of hydrogen-bond acceptors (Lipinski definition) is 7. The van der Waals surface area contributed by atoms with E-state index in [4.69, 9.17) is 14.1 Å². The van der Waals surface area contributed by atoms with Crippen LogP contribution in [0.25, 0.3) is 28.6 Å². The van der Waals surface area contributed by atoms with Crippen LogP contribution in [0.3, 0.4) is 0 Å². The van der Waals surface area contributed by atoms with Crippen LogP contribution in [0.5, 0.6) is 0 Å². The van der Waals surface area contributed by atoms with Crippen LogP contribution in [-0.4, -0.2) is 44.2 Å². The molecule has 0 bridgehead atoms. The minimum absolute atomic E-state index is 0. The predicted molar refractivity (Wildman–Crippen MR) is 128 cm³/mol. The first-order valence-corrected chi connectivity index (χ1v) is 11.1. The van der Waals surface area contributed by atoms with Gasteiger partial charge in [-0.2, -0.15) is 0 Å². The number of rotatable bonds is 5. The van der Waals surface area contributed by atoms with Gasteiger partial charge in [0.1, 0.15) is 12.3 Å². The predicted octanol–water partition coefficient (Wildman–Crippen LogP) is 5.17. The summed E-state index contributed by atoms with van der Waals surface area (Å²) in [6, 6.07) is 19.2. The van der Waals surface area contributed by atoms with Crippen LogP contribution in [0.1, 0.15) is 24.8 Å². The van der Waals surface area contributed by atoms with E-state index in [-0.39, 0.29) is 14.1 Å². The Balaban J connectivity index is 0.00000289. The number of carbonyl (C=O) groups is 1. The summed E-state index contributed by atoms with van der Waals surface area (Å²) in [5.41, 5.74) is 4.81. The van der Waals surface area contributed by atoms with Crippen LogP contribution in [-0.2, 0) is 11.3 Å². The maximum Gasteiger partial charge on any atom is 0.410 e. The SMILES string of the molecule is Cc1ncc(C2=CCN(C(=O)OCc3ccccc3)CC2)nc1-c1nnc(-c2ccccc2)o1.[HH]. The smallest absolute Gasteiger partial charge is 0.410 e. The Morgan fingerprint density at radius 2 is 1.79 bits per heavy atom. The van der Waals surface area contributed by atoms with Gasteiger partial charge in [-0.1, -0.05) is 54.6 Å². The third-order valence-electron chi connectivity index (χ3n) is 5.61. The number of carbonyl (C=O) groups excluding carboxylic acids is 1. The molecule has 8 heteroatoms. The first-order chi connectivity index (χ1) is 16.7. The summed E-state index contributed by atoms with van der Waals surface area (Å²) < 4.78 is 11.3. The van der Waals surface area contributed by atoms with E-state index in [1.807, 2.05) is 73.7 Å². The molecule has 1 amide bonds. The number of ether oxygens (including phenoxy) is 1. The second-order valence-electron chi connectivity index (χ2n) is 7.93. The number of amides is 1. The standard InChI is InChI=1S/C26H23N5O3.H2/c1-18-23(25-30-29-24(34-25)21-10-6-3-7-11-21)28-22(16-27-18)20-12-14-31(15-13-20)26(32)33-17-19-8-4-2-5-9-19;/h2-12,16H,13-15,17H2,1H3;1H. The lowest BCUT2D eigenvalue weighted by Crippen LogP contribution is -2.35. The van der Waals surface area contributed by atoms with E-state index in [9.17, 15) is 4.79 Å². The van der Waals surface area contributed by atoms with E-state index in [1.165, 1.54) is 0 Å². The van der Waals surface area contributed by atoms with E-state index in [1.54, 1.807) is 11.1 Å². The molecule has 4 aromatic rings. The molecule has 0 saturated carbocycles. The molecule has 0 spiro atoms. The lowest BCUT2D eigenvalue weighted by Gasteiger charge is -2.25. The monoisotopic (exact) mass is 455 g/mol. The molecule has 5 rings (SSSR count). The average molecular weight is 456 g/mol. The molecule has 34 heavy (non-hydrogen) atoms. The average Bonchev–Trinajstić information content (AvgIpc) is 3.39. The first kappa shape index (κ1) is 21.5. The van der Waals surface area contributed by atoms with Crippen LogP contribution < -0.4 is 0 Å². The summed E-state index contributed by atoms with van der Waals surface area (Å²) in [6.07, 6.45) is 4.05. The highest BCUT2D eigenvalue weighted by atomic mass is 16.6. The summed E-state index contributed by atoms with van der Waals surface area (Å²) in [4.78, 5) is 23.4. The number of aryl methyl sites for hydroxylation is 1. The maximum absolute atomic E-state index is 12.4. The van der Waals surface area contributed by atoms with Gasteiger partial charge in [0, 0.05) is 20.1 Å². The fraction of sp³-hybridized carbons (Fsp3) is 0.192. The zero-order valence-corrected chi connectivity index (χ0v) is 18.7. The molecule has 0 radical (unpaired) electrons. The Labute approximate surface area is 198 Å². The zero-order valence-electron chi connectivity index (χ0n) is 18.7. The van der Waals surface area contributed by atoms with Crippen molar-refractivity contribution in [2.45, 2.75) is 20.0 Å². The number of nitrogens with zero attached hydrogens (tertiary/aromatic N) is 5. The summed E-state index contributed by atoms with van der Waals surface area (Å²) in [5, 5.41) is 8.34. The van der Waals surface area contributed by atoms with Gasteiger partial charge >= 0.3 is 6.09 Å². The Kier molecular flexibility index (Phi) is 6.11. The minimum atomic E-state index is -0.325. The van der Waals surface area contributed by atoms with E-state index >= 15 is 0 Å². The molecule has 0 N–H and O–H groups in total. The van der Waals surface area contributed by atoms with Crippen molar-refractivity contribution >= 4 is 11.7 Å². The molecule has 0 atom stereocenters. The largest absolute Gasteiger partial charge is 0.445 e. The molecule has 0 aliphatic carbocycles. The quantitative estimate of drug-likeness (QED) is 0.409. The summed E-state index contributed by atoms with van der Waals surface area (Å²) in [5.74, 6) is 0.761. The first-order valence-electron chi connectivity index (χ1n) is 11.1. The zero-order chi connectivity index (χ0) is 23.3. The maximum atomic E-state index is 12.4. The molecule has 3 heterocycles. The van der Waals surface area contributed by atoms with Gasteiger partial charge in [-0.15, -0.1) is 10.2 Å². The minimum Gasteiger partial charge on any atom is -0.445 e. The van der Waals surface area contributed by atoms with Crippen LogP contribution >= 0.6 is 0 Å². The van der Waals surface area contributed by atoms with E-state index in [2.05, 4.69) is 15.2 Å². The Morgan fingerprint density at radius 3 is 2.53 bits per heavy atom. The van der Waals surface area contributed by atoms with Crippen molar-refractivity contribution in [3.8, 4) is 23.0 Å². The van der Waals surface area contributed by atoms with Crippen molar-refractivity contribution in [1.82, 2.24) is 25.1 Å². The molecule has 0 saturated heterocycles. The molecule has 1 aliphatic heterocycles. The molecule has 172 valence electrons. The summed E-state index contributed by atoms with van der Waals surface area (Å²) in [7, 11) is 0.